The number of hydrogen-bond acceptors (Lipinski definition) is 2. The molecule has 27 heavy (non-hydrogen) atoms. The van der Waals surface area contributed by atoms with E-state index >= 15 is 0 Å². The van der Waals surface area contributed by atoms with Gasteiger partial charge in [-0.3, -0.25) is 9.59 Å². The Morgan fingerprint density at radius 2 is 1.41 bits per heavy atom. The van der Waals surface area contributed by atoms with Crippen molar-refractivity contribution < 1.29 is 9.59 Å². The fourth-order valence-corrected chi connectivity index (χ4v) is 4.14. The minimum absolute atomic E-state index is 0.0529. The van der Waals surface area contributed by atoms with Gasteiger partial charge < -0.3 is 10.6 Å². The predicted molar refractivity (Wildman–Crippen MR) is 111 cm³/mol. The third-order valence-corrected chi connectivity index (χ3v) is 6.18. The van der Waals surface area contributed by atoms with Crippen molar-refractivity contribution in [1.29, 1.82) is 0 Å². The van der Waals surface area contributed by atoms with Gasteiger partial charge in [0.1, 0.15) is 0 Å². The van der Waals surface area contributed by atoms with E-state index in [9.17, 15) is 9.59 Å². The van der Waals surface area contributed by atoms with Crippen molar-refractivity contribution in [3.63, 3.8) is 0 Å². The lowest BCUT2D eigenvalue weighted by Crippen LogP contribution is -2.37. The molecule has 0 saturated heterocycles. The fourth-order valence-electron chi connectivity index (χ4n) is 3.87. The molecule has 0 radical (unpaired) electrons. The number of carbonyl (C=O) groups is 2. The first-order valence-electron chi connectivity index (χ1n) is 9.55. The summed E-state index contributed by atoms with van der Waals surface area (Å²) in [6.45, 7) is 0. The molecule has 2 aliphatic rings. The zero-order valence-corrected chi connectivity index (χ0v) is 16.7. The van der Waals surface area contributed by atoms with E-state index in [4.69, 9.17) is 0 Å². The van der Waals surface area contributed by atoms with E-state index in [-0.39, 0.29) is 17.7 Å². The molecule has 0 atom stereocenters. The SMILES string of the molecule is O=C(Nc1ccc(NC(=O)C2(c3ccc(Br)cc3)CCCC2)cc1)C1CC1. The summed E-state index contributed by atoms with van der Waals surface area (Å²) in [5.41, 5.74) is 2.15. The lowest BCUT2D eigenvalue weighted by molar-refractivity contribution is -0.121. The molecule has 2 N–H and O–H groups in total. The second-order valence-electron chi connectivity index (χ2n) is 7.59. The minimum atomic E-state index is -0.459. The highest BCUT2D eigenvalue weighted by Gasteiger charge is 2.42. The fraction of sp³-hybridized carbons (Fsp3) is 0.364. The van der Waals surface area contributed by atoms with Crippen LogP contribution >= 0.6 is 15.9 Å². The van der Waals surface area contributed by atoms with Gasteiger partial charge in [0.05, 0.1) is 5.41 Å². The maximum atomic E-state index is 13.2. The molecule has 0 bridgehead atoms. The summed E-state index contributed by atoms with van der Waals surface area (Å²) < 4.78 is 1.02. The van der Waals surface area contributed by atoms with Gasteiger partial charge in [-0.1, -0.05) is 40.9 Å². The molecule has 2 fully saturated rings. The van der Waals surface area contributed by atoms with E-state index in [1.54, 1.807) is 0 Å². The van der Waals surface area contributed by atoms with Crippen molar-refractivity contribution in [1.82, 2.24) is 0 Å². The molecule has 2 aromatic rings. The highest BCUT2D eigenvalue weighted by atomic mass is 79.9. The Morgan fingerprint density at radius 3 is 1.96 bits per heavy atom. The first kappa shape index (κ1) is 18.2. The summed E-state index contributed by atoms with van der Waals surface area (Å²) in [5.74, 6) is 0.321. The van der Waals surface area contributed by atoms with Gasteiger partial charge in [0, 0.05) is 21.8 Å². The third-order valence-electron chi connectivity index (χ3n) is 5.65. The molecule has 2 aliphatic carbocycles. The zero-order chi connectivity index (χ0) is 18.9. The number of halogens is 1. The second-order valence-corrected chi connectivity index (χ2v) is 8.51. The van der Waals surface area contributed by atoms with Crippen LogP contribution in [0.15, 0.2) is 53.0 Å². The van der Waals surface area contributed by atoms with Gasteiger partial charge in [-0.05, 0) is 67.6 Å². The summed E-state index contributed by atoms with van der Waals surface area (Å²) in [6.07, 6.45) is 5.84. The number of amides is 2. The molecule has 2 amide bonds. The molecule has 2 aromatic carbocycles. The smallest absolute Gasteiger partial charge is 0.235 e. The normalized spacial score (nSPS) is 18.1. The maximum Gasteiger partial charge on any atom is 0.235 e. The van der Waals surface area contributed by atoms with Crippen LogP contribution in [0.2, 0.25) is 0 Å². The summed E-state index contributed by atoms with van der Waals surface area (Å²) in [4.78, 5) is 25.0. The highest BCUT2D eigenvalue weighted by Crippen LogP contribution is 2.42. The summed E-state index contributed by atoms with van der Waals surface area (Å²) >= 11 is 3.47. The van der Waals surface area contributed by atoms with Crippen molar-refractivity contribution in [3.05, 3.63) is 58.6 Å². The number of anilines is 2. The summed E-state index contributed by atoms with van der Waals surface area (Å²) in [5, 5.41) is 6.01. The predicted octanol–water partition coefficient (Wildman–Crippen LogP) is 5.25. The van der Waals surface area contributed by atoms with Crippen molar-refractivity contribution >= 4 is 39.1 Å². The van der Waals surface area contributed by atoms with Crippen LogP contribution in [-0.2, 0) is 15.0 Å². The molecule has 140 valence electrons. The van der Waals surface area contributed by atoms with Crippen LogP contribution in [0, 0.1) is 5.92 Å². The molecule has 4 nitrogen and oxygen atoms in total. The van der Waals surface area contributed by atoms with Gasteiger partial charge in [-0.25, -0.2) is 0 Å². The standard InChI is InChI=1S/C22H23BrN2O2/c23-17-7-5-16(6-8-17)22(13-1-2-14-22)21(27)25-19-11-9-18(10-12-19)24-20(26)15-3-4-15/h5-12,15H,1-4,13-14H2,(H,24,26)(H,25,27). The molecule has 0 spiro atoms. The van der Waals surface area contributed by atoms with Gasteiger partial charge in [-0.2, -0.15) is 0 Å². The Bertz CT molecular complexity index is 836. The Morgan fingerprint density at radius 1 is 0.852 bits per heavy atom. The topological polar surface area (TPSA) is 58.2 Å². The lowest BCUT2D eigenvalue weighted by Gasteiger charge is -2.28. The van der Waals surface area contributed by atoms with Crippen LogP contribution in [0.25, 0.3) is 0 Å². The highest BCUT2D eigenvalue weighted by molar-refractivity contribution is 9.10. The summed E-state index contributed by atoms with van der Waals surface area (Å²) in [7, 11) is 0. The Labute approximate surface area is 167 Å². The van der Waals surface area contributed by atoms with Gasteiger partial charge in [0.2, 0.25) is 11.8 Å². The molecular formula is C22H23BrN2O2. The minimum Gasteiger partial charge on any atom is -0.326 e. The van der Waals surface area contributed by atoms with Gasteiger partial charge >= 0.3 is 0 Å². The number of benzene rings is 2. The van der Waals surface area contributed by atoms with Gasteiger partial charge in [0.25, 0.3) is 0 Å². The first-order valence-corrected chi connectivity index (χ1v) is 10.3. The van der Waals surface area contributed by atoms with Crippen LogP contribution in [0.5, 0.6) is 0 Å². The largest absolute Gasteiger partial charge is 0.326 e. The third kappa shape index (κ3) is 3.93. The Hall–Kier alpha value is -2.14. The number of hydrogen-bond donors (Lipinski definition) is 2. The van der Waals surface area contributed by atoms with Gasteiger partial charge in [0.15, 0.2) is 0 Å². The molecule has 0 heterocycles. The molecule has 5 heteroatoms. The first-order chi connectivity index (χ1) is 13.1. The van der Waals surface area contributed by atoms with Crippen LogP contribution in [-0.4, -0.2) is 11.8 Å². The van der Waals surface area contributed by atoms with E-state index in [1.165, 1.54) is 0 Å². The van der Waals surface area contributed by atoms with Crippen LogP contribution in [0.4, 0.5) is 11.4 Å². The molecule has 4 rings (SSSR count). The lowest BCUT2D eigenvalue weighted by atomic mass is 9.78. The maximum absolute atomic E-state index is 13.2. The average molecular weight is 427 g/mol. The average Bonchev–Trinajstić information content (AvgIpc) is 3.41. The van der Waals surface area contributed by atoms with E-state index in [0.717, 1.165) is 59.9 Å². The van der Waals surface area contributed by atoms with Crippen LogP contribution < -0.4 is 10.6 Å². The van der Waals surface area contributed by atoms with Crippen LogP contribution in [0.1, 0.15) is 44.1 Å². The Kier molecular flexibility index (Phi) is 5.04. The number of rotatable bonds is 5. The quantitative estimate of drug-likeness (QED) is 0.685. The second kappa shape index (κ2) is 7.47. The molecule has 2 saturated carbocycles. The van der Waals surface area contributed by atoms with E-state index in [2.05, 4.69) is 26.6 Å². The monoisotopic (exact) mass is 426 g/mol. The number of carbonyl (C=O) groups excluding carboxylic acids is 2. The van der Waals surface area contributed by atoms with Gasteiger partial charge in [-0.15, -0.1) is 0 Å². The molecule has 0 unspecified atom stereocenters. The number of nitrogens with one attached hydrogen (secondary N) is 2. The van der Waals surface area contributed by atoms with E-state index < -0.39 is 5.41 Å². The molecule has 0 aromatic heterocycles. The van der Waals surface area contributed by atoms with Crippen molar-refractivity contribution in [3.8, 4) is 0 Å². The van der Waals surface area contributed by atoms with E-state index in [0.29, 0.717) is 0 Å². The Balaban J connectivity index is 1.48. The van der Waals surface area contributed by atoms with Crippen LogP contribution in [0.3, 0.4) is 0 Å². The van der Waals surface area contributed by atoms with Crippen molar-refractivity contribution in [2.24, 2.45) is 5.92 Å². The van der Waals surface area contributed by atoms with Crippen molar-refractivity contribution in [2.45, 2.75) is 43.9 Å². The van der Waals surface area contributed by atoms with Crippen molar-refractivity contribution in [2.75, 3.05) is 10.6 Å². The molecule has 0 aliphatic heterocycles. The molecular weight excluding hydrogens is 404 g/mol. The van der Waals surface area contributed by atoms with E-state index in [1.807, 2.05) is 48.5 Å². The summed E-state index contributed by atoms with van der Waals surface area (Å²) in [6, 6.07) is 15.5. The zero-order valence-electron chi connectivity index (χ0n) is 15.1.